The molecule has 0 bridgehead atoms. The second-order valence-electron chi connectivity index (χ2n) is 7.16. The zero-order valence-corrected chi connectivity index (χ0v) is 16.1. The lowest BCUT2D eigenvalue weighted by Gasteiger charge is -2.05. The summed E-state index contributed by atoms with van der Waals surface area (Å²) in [5.41, 5.74) is 7.06. The maximum atomic E-state index is 4.58. The van der Waals surface area contributed by atoms with Crippen LogP contribution in [0.1, 0.15) is 17.0 Å². The molecule has 0 N–H and O–H groups in total. The van der Waals surface area contributed by atoms with Gasteiger partial charge in [0.15, 0.2) is 0 Å². The lowest BCUT2D eigenvalue weighted by Crippen LogP contribution is -1.99. The Morgan fingerprint density at radius 2 is 1.86 bits per heavy atom. The van der Waals surface area contributed by atoms with Gasteiger partial charge in [-0.15, -0.1) is 11.3 Å². The van der Waals surface area contributed by atoms with Crippen LogP contribution in [0.2, 0.25) is 0 Å². The number of thiophene rings is 1. The van der Waals surface area contributed by atoms with Crippen LogP contribution < -0.4 is 0 Å². The standard InChI is InChI=1S/C23H18N4S/c1-2-5-17(6-3-1)26-15-24-19-10-9-16(13-20(19)26)23-14-21-22(28-23)8-4-7-18-11-12-25-27(18)21/h1-3,5-6,9-15H,4,7-8H2. The topological polar surface area (TPSA) is 35.6 Å². The minimum Gasteiger partial charge on any atom is -0.299 e. The summed E-state index contributed by atoms with van der Waals surface area (Å²) in [6, 6.07) is 21.4. The number of aryl methyl sites for hydroxylation is 2. The number of rotatable bonds is 2. The first kappa shape index (κ1) is 15.8. The van der Waals surface area contributed by atoms with Crippen molar-refractivity contribution in [2.45, 2.75) is 19.3 Å². The first-order valence-corrected chi connectivity index (χ1v) is 10.4. The largest absolute Gasteiger partial charge is 0.299 e. The zero-order valence-electron chi connectivity index (χ0n) is 15.2. The molecule has 2 aromatic carbocycles. The van der Waals surface area contributed by atoms with E-state index in [1.165, 1.54) is 33.1 Å². The van der Waals surface area contributed by atoms with Crippen molar-refractivity contribution in [3.05, 3.63) is 83.8 Å². The summed E-state index contributed by atoms with van der Waals surface area (Å²) in [5.74, 6) is 0. The average Bonchev–Trinajstić information content (AvgIpc) is 3.45. The van der Waals surface area contributed by atoms with Crippen molar-refractivity contribution in [1.29, 1.82) is 0 Å². The minimum absolute atomic E-state index is 1.01. The highest BCUT2D eigenvalue weighted by atomic mass is 32.1. The molecule has 1 aliphatic heterocycles. The predicted octanol–water partition coefficient (Wildman–Crippen LogP) is 5.43. The van der Waals surface area contributed by atoms with Gasteiger partial charge in [-0.05, 0) is 61.2 Å². The van der Waals surface area contributed by atoms with Crippen molar-refractivity contribution < 1.29 is 0 Å². The number of aromatic nitrogens is 4. The number of hydrogen-bond donors (Lipinski definition) is 0. The Morgan fingerprint density at radius 3 is 2.79 bits per heavy atom. The molecule has 0 spiro atoms. The average molecular weight is 382 g/mol. The highest BCUT2D eigenvalue weighted by Crippen LogP contribution is 2.37. The Labute approximate surface area is 166 Å². The van der Waals surface area contributed by atoms with Gasteiger partial charge in [-0.2, -0.15) is 5.10 Å². The normalized spacial score (nSPS) is 13.3. The molecule has 0 saturated carbocycles. The number of para-hydroxylation sites is 1. The Hall–Kier alpha value is -3.18. The molecule has 4 heterocycles. The summed E-state index contributed by atoms with van der Waals surface area (Å²) in [4.78, 5) is 7.30. The predicted molar refractivity (Wildman–Crippen MR) is 114 cm³/mol. The van der Waals surface area contributed by atoms with Gasteiger partial charge >= 0.3 is 0 Å². The van der Waals surface area contributed by atoms with Gasteiger partial charge in [0, 0.05) is 27.3 Å². The highest BCUT2D eigenvalue weighted by Gasteiger charge is 2.19. The fourth-order valence-electron chi connectivity index (χ4n) is 4.04. The van der Waals surface area contributed by atoms with Crippen LogP contribution in [-0.2, 0) is 12.8 Å². The molecule has 0 fully saturated rings. The van der Waals surface area contributed by atoms with E-state index in [-0.39, 0.29) is 0 Å². The van der Waals surface area contributed by atoms with Gasteiger partial charge in [0.1, 0.15) is 6.33 Å². The van der Waals surface area contributed by atoms with Crippen molar-refractivity contribution in [1.82, 2.24) is 19.3 Å². The second-order valence-corrected chi connectivity index (χ2v) is 8.30. The molecule has 5 heteroatoms. The third kappa shape index (κ3) is 2.43. The molecule has 0 saturated heterocycles. The van der Waals surface area contributed by atoms with Gasteiger partial charge in [-0.1, -0.05) is 24.3 Å². The van der Waals surface area contributed by atoms with Gasteiger partial charge in [0.2, 0.25) is 0 Å². The first-order valence-electron chi connectivity index (χ1n) is 9.56. The van der Waals surface area contributed by atoms with Crippen molar-refractivity contribution in [2.75, 3.05) is 0 Å². The number of benzene rings is 2. The second kappa shape index (κ2) is 6.17. The Bertz CT molecular complexity index is 1290. The molecule has 5 aromatic rings. The van der Waals surface area contributed by atoms with E-state index in [0.29, 0.717) is 0 Å². The number of hydrogen-bond acceptors (Lipinski definition) is 3. The molecule has 28 heavy (non-hydrogen) atoms. The molecule has 4 nitrogen and oxygen atoms in total. The van der Waals surface area contributed by atoms with Crippen LogP contribution in [0.3, 0.4) is 0 Å². The Kier molecular flexibility index (Phi) is 3.49. The number of nitrogens with zero attached hydrogens (tertiary/aromatic N) is 4. The van der Waals surface area contributed by atoms with E-state index in [1.807, 2.05) is 29.9 Å². The van der Waals surface area contributed by atoms with E-state index >= 15 is 0 Å². The zero-order chi connectivity index (χ0) is 18.5. The molecular weight excluding hydrogens is 364 g/mol. The third-order valence-electron chi connectivity index (χ3n) is 5.44. The van der Waals surface area contributed by atoms with Crippen LogP contribution in [0.5, 0.6) is 0 Å². The molecule has 1 aliphatic rings. The van der Waals surface area contributed by atoms with Crippen LogP contribution in [0.4, 0.5) is 0 Å². The Balaban J connectivity index is 1.49. The maximum Gasteiger partial charge on any atom is 0.100 e. The molecule has 6 rings (SSSR count). The number of fused-ring (bicyclic) bond motifs is 4. The molecule has 0 atom stereocenters. The van der Waals surface area contributed by atoms with Gasteiger partial charge in [-0.25, -0.2) is 9.67 Å². The van der Waals surface area contributed by atoms with E-state index in [9.17, 15) is 0 Å². The quantitative estimate of drug-likeness (QED) is 0.408. The van der Waals surface area contributed by atoms with Gasteiger partial charge in [0.25, 0.3) is 0 Å². The highest BCUT2D eigenvalue weighted by molar-refractivity contribution is 7.15. The summed E-state index contributed by atoms with van der Waals surface area (Å²) in [6.45, 7) is 0. The van der Waals surface area contributed by atoms with Crippen LogP contribution in [0, 0.1) is 0 Å². The summed E-state index contributed by atoms with van der Waals surface area (Å²) in [7, 11) is 0. The number of imidazole rings is 1. The monoisotopic (exact) mass is 382 g/mol. The summed E-state index contributed by atoms with van der Waals surface area (Å²) in [6.07, 6.45) is 7.21. The molecule has 0 aliphatic carbocycles. The SMILES string of the molecule is c1ccc(-n2cnc3ccc(-c4cc5c(s4)CCCc4ccnn4-5)cc32)cc1. The lowest BCUT2D eigenvalue weighted by molar-refractivity contribution is 0.784. The van der Waals surface area contributed by atoms with Crippen LogP contribution in [0.25, 0.3) is 32.8 Å². The van der Waals surface area contributed by atoms with Gasteiger partial charge in [-0.3, -0.25) is 4.57 Å². The summed E-state index contributed by atoms with van der Waals surface area (Å²) >= 11 is 1.89. The van der Waals surface area contributed by atoms with Crippen molar-refractivity contribution >= 4 is 22.4 Å². The smallest absolute Gasteiger partial charge is 0.100 e. The molecule has 0 radical (unpaired) electrons. The lowest BCUT2D eigenvalue weighted by atomic mass is 10.1. The molecule has 3 aromatic heterocycles. The fraction of sp³-hybridized carbons (Fsp3) is 0.130. The van der Waals surface area contributed by atoms with Crippen molar-refractivity contribution in [3.63, 3.8) is 0 Å². The molecule has 136 valence electrons. The molecule has 0 unspecified atom stereocenters. The van der Waals surface area contributed by atoms with E-state index < -0.39 is 0 Å². The first-order chi connectivity index (χ1) is 13.9. The summed E-state index contributed by atoms with van der Waals surface area (Å²) < 4.78 is 4.28. The van der Waals surface area contributed by atoms with Crippen LogP contribution >= 0.6 is 11.3 Å². The van der Waals surface area contributed by atoms with Gasteiger partial charge < -0.3 is 0 Å². The van der Waals surface area contributed by atoms with E-state index in [1.54, 1.807) is 0 Å². The van der Waals surface area contributed by atoms with E-state index in [4.69, 9.17) is 0 Å². The minimum atomic E-state index is 1.01. The maximum absolute atomic E-state index is 4.58. The van der Waals surface area contributed by atoms with Gasteiger partial charge in [0.05, 0.1) is 16.7 Å². The van der Waals surface area contributed by atoms with Crippen LogP contribution in [0.15, 0.2) is 73.2 Å². The van der Waals surface area contributed by atoms with E-state index in [2.05, 4.69) is 73.9 Å². The van der Waals surface area contributed by atoms with Crippen LogP contribution in [-0.4, -0.2) is 19.3 Å². The fourth-order valence-corrected chi connectivity index (χ4v) is 5.22. The Morgan fingerprint density at radius 1 is 0.929 bits per heavy atom. The van der Waals surface area contributed by atoms with Crippen molar-refractivity contribution in [2.24, 2.45) is 0 Å². The molecule has 0 amide bonds. The molecular formula is C23H18N4S. The van der Waals surface area contributed by atoms with E-state index in [0.717, 1.165) is 29.6 Å². The third-order valence-corrected chi connectivity index (χ3v) is 6.67. The van der Waals surface area contributed by atoms with Crippen molar-refractivity contribution in [3.8, 4) is 21.8 Å². The summed E-state index contributed by atoms with van der Waals surface area (Å²) in [5, 5.41) is 4.57.